The number of ketones is 1. The number of carbonyl (C=O) groups excluding carboxylic acids is 1. The van der Waals surface area contributed by atoms with Crippen LogP contribution in [0.15, 0.2) is 48.5 Å². The fourth-order valence-corrected chi connectivity index (χ4v) is 2.94. The van der Waals surface area contributed by atoms with Crippen molar-refractivity contribution < 1.29 is 14.3 Å². The van der Waals surface area contributed by atoms with Gasteiger partial charge in [0, 0.05) is 5.56 Å². The van der Waals surface area contributed by atoms with Gasteiger partial charge in [-0.3, -0.25) is 4.79 Å². The molecule has 0 aliphatic carbocycles. The van der Waals surface area contributed by atoms with Gasteiger partial charge in [0.05, 0.1) is 24.0 Å². The van der Waals surface area contributed by atoms with Crippen molar-refractivity contribution in [3.05, 3.63) is 59.7 Å². The molecular weight excluding hydrogens is 288 g/mol. The maximum Gasteiger partial charge on any atom is 0.174 e. The number of fused-ring (bicyclic) bond motifs is 1. The smallest absolute Gasteiger partial charge is 0.174 e. The summed E-state index contributed by atoms with van der Waals surface area (Å²) in [5, 5.41) is -0.396. The molecule has 0 fully saturated rings. The molecule has 0 saturated carbocycles. The molecule has 1 aliphatic heterocycles. The highest BCUT2D eigenvalue weighted by atomic mass is 35.5. The predicted molar refractivity (Wildman–Crippen MR) is 81.3 cm³/mol. The zero-order valence-electron chi connectivity index (χ0n) is 11.6. The largest absolute Gasteiger partial charge is 0.496 e. The first-order valence-corrected chi connectivity index (χ1v) is 7.19. The molecule has 2 unspecified atom stereocenters. The molecule has 1 aliphatic rings. The minimum Gasteiger partial charge on any atom is -0.496 e. The molecule has 3 nitrogen and oxygen atoms in total. The topological polar surface area (TPSA) is 35.5 Å². The molecule has 108 valence electrons. The van der Waals surface area contributed by atoms with Gasteiger partial charge in [-0.05, 0) is 18.2 Å². The summed E-state index contributed by atoms with van der Waals surface area (Å²) in [5.74, 6) is 0.839. The van der Waals surface area contributed by atoms with Crippen LogP contribution in [0.5, 0.6) is 11.5 Å². The molecule has 0 bridgehead atoms. The number of hydrogen-bond donors (Lipinski definition) is 0. The first kappa shape index (κ1) is 14.0. The van der Waals surface area contributed by atoms with Gasteiger partial charge < -0.3 is 9.47 Å². The summed E-state index contributed by atoms with van der Waals surface area (Å²) >= 11 is 6.51. The Morgan fingerprint density at radius 2 is 1.90 bits per heavy atom. The van der Waals surface area contributed by atoms with E-state index in [2.05, 4.69) is 0 Å². The average Bonchev–Trinajstić information content (AvgIpc) is 2.55. The Bertz CT molecular complexity index is 669. The van der Waals surface area contributed by atoms with Crippen LogP contribution < -0.4 is 9.47 Å². The van der Waals surface area contributed by atoms with Crippen molar-refractivity contribution in [3.63, 3.8) is 0 Å². The first-order valence-electron chi connectivity index (χ1n) is 6.75. The standard InChI is InChI=1S/C17H15ClO3/c1-20-14-8-4-3-7-12(14)17(19)13-10-21-15-9-5-2-6-11(15)16(13)18/h2-9,13,16H,10H2,1H3. The number of halogens is 1. The maximum atomic E-state index is 12.8. The van der Waals surface area contributed by atoms with Gasteiger partial charge in [0.1, 0.15) is 18.1 Å². The van der Waals surface area contributed by atoms with Gasteiger partial charge in [-0.15, -0.1) is 11.6 Å². The third-order valence-electron chi connectivity index (χ3n) is 3.70. The van der Waals surface area contributed by atoms with Crippen LogP contribution in [-0.4, -0.2) is 19.5 Å². The molecule has 1 heterocycles. The third kappa shape index (κ3) is 2.49. The molecule has 2 aromatic carbocycles. The molecule has 0 N–H and O–H groups in total. The SMILES string of the molecule is COc1ccccc1C(=O)C1COc2ccccc2C1Cl. The van der Waals surface area contributed by atoms with Crippen molar-refractivity contribution >= 4 is 17.4 Å². The second-order valence-corrected chi connectivity index (χ2v) is 5.39. The number of ether oxygens (including phenoxy) is 2. The summed E-state index contributed by atoms with van der Waals surface area (Å²) in [5.41, 5.74) is 1.40. The molecule has 0 saturated heterocycles. The van der Waals surface area contributed by atoms with E-state index >= 15 is 0 Å². The van der Waals surface area contributed by atoms with Crippen molar-refractivity contribution in [2.24, 2.45) is 5.92 Å². The van der Waals surface area contributed by atoms with Crippen LogP contribution >= 0.6 is 11.6 Å². The van der Waals surface area contributed by atoms with E-state index in [1.807, 2.05) is 36.4 Å². The zero-order valence-corrected chi connectivity index (χ0v) is 12.3. The summed E-state index contributed by atoms with van der Waals surface area (Å²) in [6.45, 7) is 0.280. The molecule has 2 atom stereocenters. The second-order valence-electron chi connectivity index (χ2n) is 4.92. The van der Waals surface area contributed by atoms with E-state index in [1.54, 1.807) is 19.2 Å². The Morgan fingerprint density at radius 1 is 1.19 bits per heavy atom. The van der Waals surface area contributed by atoms with Crippen LogP contribution in [0.2, 0.25) is 0 Å². The summed E-state index contributed by atoms with van der Waals surface area (Å²) in [7, 11) is 1.55. The van der Waals surface area contributed by atoms with Crippen molar-refractivity contribution in [1.82, 2.24) is 0 Å². The molecule has 4 heteroatoms. The molecule has 2 aromatic rings. The van der Waals surface area contributed by atoms with E-state index in [4.69, 9.17) is 21.1 Å². The zero-order chi connectivity index (χ0) is 14.8. The molecule has 21 heavy (non-hydrogen) atoms. The Balaban J connectivity index is 1.93. The summed E-state index contributed by atoms with van der Waals surface area (Å²) in [6.07, 6.45) is 0. The Kier molecular flexibility index (Phi) is 3.84. The molecular formula is C17H15ClO3. The van der Waals surface area contributed by atoms with Gasteiger partial charge in [-0.25, -0.2) is 0 Å². The van der Waals surface area contributed by atoms with Crippen LogP contribution in [0.4, 0.5) is 0 Å². The minimum absolute atomic E-state index is 0.0537. The van der Waals surface area contributed by atoms with Crippen LogP contribution in [-0.2, 0) is 0 Å². The number of Topliss-reactive ketones (excluding diaryl/α,β-unsaturated/α-hetero) is 1. The number of hydrogen-bond acceptors (Lipinski definition) is 3. The lowest BCUT2D eigenvalue weighted by Gasteiger charge is -2.29. The normalized spacial score (nSPS) is 20.3. The van der Waals surface area contributed by atoms with Gasteiger partial charge in [0.15, 0.2) is 5.78 Å². The van der Waals surface area contributed by atoms with Crippen LogP contribution in [0, 0.1) is 5.92 Å². The third-order valence-corrected chi connectivity index (χ3v) is 4.24. The molecule has 3 rings (SSSR count). The van der Waals surface area contributed by atoms with E-state index in [-0.39, 0.29) is 12.4 Å². The number of carbonyl (C=O) groups is 1. The summed E-state index contributed by atoms with van der Waals surface area (Å²) < 4.78 is 10.9. The van der Waals surface area contributed by atoms with Gasteiger partial charge in [-0.1, -0.05) is 30.3 Å². The van der Waals surface area contributed by atoms with E-state index in [1.165, 1.54) is 0 Å². The van der Waals surface area contributed by atoms with Crippen molar-refractivity contribution in [3.8, 4) is 11.5 Å². The average molecular weight is 303 g/mol. The number of alkyl halides is 1. The van der Waals surface area contributed by atoms with E-state index < -0.39 is 11.3 Å². The fourth-order valence-electron chi connectivity index (χ4n) is 2.58. The van der Waals surface area contributed by atoms with E-state index in [0.717, 1.165) is 11.3 Å². The number of methoxy groups -OCH3 is 1. The number of rotatable bonds is 3. The van der Waals surface area contributed by atoms with Crippen LogP contribution in [0.25, 0.3) is 0 Å². The van der Waals surface area contributed by atoms with Gasteiger partial charge in [-0.2, -0.15) is 0 Å². The van der Waals surface area contributed by atoms with Gasteiger partial charge in [0.25, 0.3) is 0 Å². The molecule has 0 aromatic heterocycles. The highest BCUT2D eigenvalue weighted by Gasteiger charge is 2.35. The minimum atomic E-state index is -0.419. The second kappa shape index (κ2) is 5.78. The summed E-state index contributed by atoms with van der Waals surface area (Å²) in [4.78, 5) is 12.8. The van der Waals surface area contributed by atoms with Crippen molar-refractivity contribution in [1.29, 1.82) is 0 Å². The van der Waals surface area contributed by atoms with Crippen LogP contribution in [0.3, 0.4) is 0 Å². The number of para-hydroxylation sites is 2. The monoisotopic (exact) mass is 302 g/mol. The Labute approximate surface area is 128 Å². The molecule has 0 spiro atoms. The molecule has 0 amide bonds. The van der Waals surface area contributed by atoms with E-state index in [9.17, 15) is 4.79 Å². The van der Waals surface area contributed by atoms with Crippen molar-refractivity contribution in [2.45, 2.75) is 5.38 Å². The lowest BCUT2D eigenvalue weighted by Crippen LogP contribution is -2.30. The lowest BCUT2D eigenvalue weighted by atomic mass is 9.89. The quantitative estimate of drug-likeness (QED) is 0.638. The molecule has 0 radical (unpaired) electrons. The predicted octanol–water partition coefficient (Wildman–Crippen LogP) is 3.87. The Morgan fingerprint density at radius 3 is 2.71 bits per heavy atom. The highest BCUT2D eigenvalue weighted by Crippen LogP contribution is 2.41. The van der Waals surface area contributed by atoms with Gasteiger partial charge >= 0.3 is 0 Å². The maximum absolute atomic E-state index is 12.8. The summed E-state index contributed by atoms with van der Waals surface area (Å²) in [6, 6.07) is 14.7. The number of benzene rings is 2. The fraction of sp³-hybridized carbons (Fsp3) is 0.235. The lowest BCUT2D eigenvalue weighted by molar-refractivity contribution is 0.0846. The Hall–Kier alpha value is -2.00. The first-order chi connectivity index (χ1) is 10.2. The van der Waals surface area contributed by atoms with Gasteiger partial charge in [0.2, 0.25) is 0 Å². The van der Waals surface area contributed by atoms with Crippen molar-refractivity contribution in [2.75, 3.05) is 13.7 Å². The highest BCUT2D eigenvalue weighted by molar-refractivity contribution is 6.23. The van der Waals surface area contributed by atoms with Crippen LogP contribution in [0.1, 0.15) is 21.3 Å². The van der Waals surface area contributed by atoms with E-state index in [0.29, 0.717) is 11.3 Å².